The summed E-state index contributed by atoms with van der Waals surface area (Å²) in [6.45, 7) is 4.07. The third-order valence-electron chi connectivity index (χ3n) is 4.46. The van der Waals surface area contributed by atoms with Gasteiger partial charge in [0, 0.05) is 32.8 Å². The highest BCUT2D eigenvalue weighted by Gasteiger charge is 2.33. The van der Waals surface area contributed by atoms with E-state index in [0.717, 1.165) is 32.7 Å². The van der Waals surface area contributed by atoms with Crippen LogP contribution in [0.1, 0.15) is 23.6 Å². The van der Waals surface area contributed by atoms with Gasteiger partial charge in [0.15, 0.2) is 0 Å². The molecule has 1 aliphatic rings. The van der Waals surface area contributed by atoms with E-state index in [-0.39, 0.29) is 0 Å². The Hall–Kier alpha value is -1.68. The van der Waals surface area contributed by atoms with E-state index in [1.165, 1.54) is 11.1 Å². The molecule has 23 heavy (non-hydrogen) atoms. The Morgan fingerprint density at radius 3 is 2.09 bits per heavy atom. The Labute approximate surface area is 139 Å². The van der Waals surface area contributed by atoms with Gasteiger partial charge in [0.25, 0.3) is 0 Å². The highest BCUT2D eigenvalue weighted by molar-refractivity contribution is 5.32. The van der Waals surface area contributed by atoms with Crippen LogP contribution in [0.3, 0.4) is 0 Å². The average molecular weight is 310 g/mol. The zero-order valence-corrected chi connectivity index (χ0v) is 13.8. The Balaban J connectivity index is 1.63. The average Bonchev–Trinajstić information content (AvgIpc) is 2.57. The van der Waals surface area contributed by atoms with Crippen molar-refractivity contribution in [2.24, 2.45) is 0 Å². The lowest BCUT2D eigenvalue weighted by Gasteiger charge is -2.45. The first-order chi connectivity index (χ1) is 11.4. The van der Waals surface area contributed by atoms with Gasteiger partial charge in [-0.05, 0) is 24.1 Å². The number of nitrogens with zero attached hydrogens (tertiary/aromatic N) is 1. The van der Waals surface area contributed by atoms with Crippen molar-refractivity contribution in [1.82, 2.24) is 10.2 Å². The van der Waals surface area contributed by atoms with Crippen LogP contribution in [0.4, 0.5) is 0 Å². The van der Waals surface area contributed by atoms with Crippen LogP contribution in [0.25, 0.3) is 0 Å². The number of hydrogen-bond acceptors (Lipinski definition) is 3. The highest BCUT2D eigenvalue weighted by Crippen LogP contribution is 2.32. The number of methoxy groups -OCH3 is 1. The molecule has 0 spiro atoms. The molecule has 3 nitrogen and oxygen atoms in total. The van der Waals surface area contributed by atoms with Gasteiger partial charge in [-0.1, -0.05) is 60.7 Å². The Bertz CT molecular complexity index is 527. The van der Waals surface area contributed by atoms with E-state index in [9.17, 15) is 0 Å². The van der Waals surface area contributed by atoms with E-state index in [4.69, 9.17) is 4.74 Å². The summed E-state index contributed by atoms with van der Waals surface area (Å²) >= 11 is 0. The van der Waals surface area contributed by atoms with E-state index in [1.807, 2.05) is 0 Å². The smallest absolute Gasteiger partial charge is 0.0602 e. The van der Waals surface area contributed by atoms with E-state index in [1.54, 1.807) is 7.11 Å². The zero-order valence-electron chi connectivity index (χ0n) is 13.8. The van der Waals surface area contributed by atoms with Crippen molar-refractivity contribution in [3.63, 3.8) is 0 Å². The predicted octanol–water partition coefficient (Wildman–Crippen LogP) is 3.09. The maximum absolute atomic E-state index is 5.10. The Kier molecular flexibility index (Phi) is 5.81. The minimum atomic E-state index is 0.356. The standard InChI is InChI=1S/C20H26N2O/c1-23-14-8-13-21-19-15-22(16-19)20(17-9-4-2-5-10-17)18-11-6-3-7-12-18/h2-7,9-12,19-21H,8,13-16H2,1H3. The second-order valence-electron chi connectivity index (χ2n) is 6.18. The third kappa shape index (κ3) is 4.20. The molecule has 122 valence electrons. The van der Waals surface area contributed by atoms with E-state index < -0.39 is 0 Å². The molecule has 1 saturated heterocycles. The van der Waals surface area contributed by atoms with Crippen molar-refractivity contribution in [3.05, 3.63) is 71.8 Å². The molecule has 2 aromatic carbocycles. The summed E-state index contributed by atoms with van der Waals surface area (Å²) in [7, 11) is 1.76. The van der Waals surface area contributed by atoms with Gasteiger partial charge >= 0.3 is 0 Å². The van der Waals surface area contributed by atoms with Crippen molar-refractivity contribution in [3.8, 4) is 0 Å². The molecule has 0 atom stereocenters. The number of likely N-dealkylation sites (tertiary alicyclic amines) is 1. The molecule has 2 aromatic rings. The predicted molar refractivity (Wildman–Crippen MR) is 94.6 cm³/mol. The van der Waals surface area contributed by atoms with Crippen LogP contribution >= 0.6 is 0 Å². The van der Waals surface area contributed by atoms with Gasteiger partial charge in [-0.15, -0.1) is 0 Å². The van der Waals surface area contributed by atoms with E-state index in [2.05, 4.69) is 70.9 Å². The second kappa shape index (κ2) is 8.25. The van der Waals surface area contributed by atoms with Crippen LogP contribution in [0.5, 0.6) is 0 Å². The first kappa shape index (κ1) is 16.2. The Morgan fingerprint density at radius 2 is 1.57 bits per heavy atom. The molecule has 0 aliphatic carbocycles. The first-order valence-corrected chi connectivity index (χ1v) is 8.45. The molecule has 0 bridgehead atoms. The summed E-state index contributed by atoms with van der Waals surface area (Å²) in [5.41, 5.74) is 2.74. The monoisotopic (exact) mass is 310 g/mol. The minimum Gasteiger partial charge on any atom is -0.385 e. The van der Waals surface area contributed by atoms with Crippen molar-refractivity contribution in [2.45, 2.75) is 18.5 Å². The Morgan fingerprint density at radius 1 is 1.00 bits per heavy atom. The van der Waals surface area contributed by atoms with Crippen LogP contribution in [0.15, 0.2) is 60.7 Å². The number of ether oxygens (including phenoxy) is 1. The van der Waals surface area contributed by atoms with Gasteiger partial charge in [-0.2, -0.15) is 0 Å². The lowest BCUT2D eigenvalue weighted by atomic mass is 9.93. The maximum atomic E-state index is 5.10. The molecule has 1 N–H and O–H groups in total. The fourth-order valence-electron chi connectivity index (χ4n) is 3.26. The fraction of sp³-hybridized carbons (Fsp3) is 0.400. The summed E-state index contributed by atoms with van der Waals surface area (Å²) in [5, 5.41) is 3.62. The van der Waals surface area contributed by atoms with Crippen LogP contribution in [-0.2, 0) is 4.74 Å². The fourth-order valence-corrected chi connectivity index (χ4v) is 3.26. The normalized spacial score (nSPS) is 15.7. The van der Waals surface area contributed by atoms with Gasteiger partial charge in [0.2, 0.25) is 0 Å². The van der Waals surface area contributed by atoms with Gasteiger partial charge in [-0.25, -0.2) is 0 Å². The molecule has 0 aromatic heterocycles. The van der Waals surface area contributed by atoms with Crippen molar-refractivity contribution in [2.75, 3.05) is 33.4 Å². The molecular formula is C20H26N2O. The third-order valence-corrected chi connectivity index (χ3v) is 4.46. The molecule has 1 aliphatic heterocycles. The van der Waals surface area contributed by atoms with Crippen LogP contribution < -0.4 is 5.32 Å². The highest BCUT2D eigenvalue weighted by atomic mass is 16.5. The first-order valence-electron chi connectivity index (χ1n) is 8.45. The number of hydrogen-bond donors (Lipinski definition) is 1. The molecule has 3 heteroatoms. The maximum Gasteiger partial charge on any atom is 0.0602 e. The molecule has 3 rings (SSSR count). The van der Waals surface area contributed by atoms with Crippen molar-refractivity contribution in [1.29, 1.82) is 0 Å². The van der Waals surface area contributed by atoms with Gasteiger partial charge in [-0.3, -0.25) is 4.90 Å². The van der Waals surface area contributed by atoms with E-state index in [0.29, 0.717) is 12.1 Å². The topological polar surface area (TPSA) is 24.5 Å². The van der Waals surface area contributed by atoms with Gasteiger partial charge in [0.05, 0.1) is 6.04 Å². The van der Waals surface area contributed by atoms with E-state index >= 15 is 0 Å². The second-order valence-corrected chi connectivity index (χ2v) is 6.18. The number of rotatable bonds is 8. The van der Waals surface area contributed by atoms with Crippen LogP contribution in [0.2, 0.25) is 0 Å². The van der Waals surface area contributed by atoms with Crippen molar-refractivity contribution >= 4 is 0 Å². The van der Waals surface area contributed by atoms with Crippen molar-refractivity contribution < 1.29 is 4.74 Å². The van der Waals surface area contributed by atoms with Crippen LogP contribution in [-0.4, -0.2) is 44.3 Å². The van der Waals surface area contributed by atoms with Crippen LogP contribution in [0, 0.1) is 0 Å². The quantitative estimate of drug-likeness (QED) is 0.758. The summed E-state index contributed by atoms with van der Waals surface area (Å²) in [6.07, 6.45) is 1.08. The minimum absolute atomic E-state index is 0.356. The lowest BCUT2D eigenvalue weighted by Crippen LogP contribution is -2.59. The summed E-state index contributed by atoms with van der Waals surface area (Å²) in [6, 6.07) is 22.6. The molecule has 1 heterocycles. The number of nitrogens with one attached hydrogen (secondary N) is 1. The summed E-state index contributed by atoms with van der Waals surface area (Å²) in [5.74, 6) is 0. The summed E-state index contributed by atoms with van der Waals surface area (Å²) < 4.78 is 5.10. The SMILES string of the molecule is COCCCNC1CN(C(c2ccccc2)c2ccccc2)C1. The van der Waals surface area contributed by atoms with Gasteiger partial charge < -0.3 is 10.1 Å². The number of benzene rings is 2. The lowest BCUT2D eigenvalue weighted by molar-refractivity contribution is 0.0911. The summed E-state index contributed by atoms with van der Waals surface area (Å²) in [4.78, 5) is 2.55. The molecular weight excluding hydrogens is 284 g/mol. The molecule has 0 unspecified atom stereocenters. The molecule has 1 fully saturated rings. The van der Waals surface area contributed by atoms with Gasteiger partial charge in [0.1, 0.15) is 0 Å². The largest absolute Gasteiger partial charge is 0.385 e. The molecule has 0 amide bonds. The molecule has 0 saturated carbocycles. The zero-order chi connectivity index (χ0) is 15.9. The molecule has 0 radical (unpaired) electrons.